The molecule has 0 spiro atoms. The van der Waals surface area contributed by atoms with Gasteiger partial charge in [0.05, 0.1) is 12.0 Å². The summed E-state index contributed by atoms with van der Waals surface area (Å²) in [4.78, 5) is 35.4. The third kappa shape index (κ3) is 2.18. The number of carbonyl (C=O) groups excluding carboxylic acids is 3. The van der Waals surface area contributed by atoms with E-state index in [9.17, 15) is 14.4 Å². The van der Waals surface area contributed by atoms with Crippen LogP contribution < -0.4 is 0 Å². The fraction of sp³-hybridized carbons (Fsp3) is 0.250. The molecule has 1 heterocycles. The second kappa shape index (κ2) is 4.37. The van der Waals surface area contributed by atoms with Crippen LogP contribution in [0.25, 0.3) is 0 Å². The highest BCUT2D eigenvalue weighted by molar-refractivity contribution is 6.06. The van der Waals surface area contributed by atoms with Crippen LogP contribution in [0.1, 0.15) is 16.8 Å². The quantitative estimate of drug-likeness (QED) is 0.554. The van der Waals surface area contributed by atoms with Crippen LogP contribution in [-0.4, -0.2) is 35.8 Å². The topological polar surface area (TPSA) is 63.7 Å². The first-order valence-corrected chi connectivity index (χ1v) is 5.16. The van der Waals surface area contributed by atoms with Gasteiger partial charge in [-0.25, -0.2) is 4.79 Å². The van der Waals surface area contributed by atoms with Crippen LogP contribution in [0, 0.1) is 0 Å². The molecule has 0 bridgehead atoms. The first-order chi connectivity index (χ1) is 8.09. The van der Waals surface area contributed by atoms with Crippen LogP contribution in [-0.2, 0) is 14.3 Å². The van der Waals surface area contributed by atoms with Crippen molar-refractivity contribution < 1.29 is 19.1 Å². The number of benzene rings is 1. The first-order valence-electron chi connectivity index (χ1n) is 5.16. The van der Waals surface area contributed by atoms with E-state index in [1.165, 1.54) is 7.05 Å². The normalized spacial score (nSPS) is 19.6. The lowest BCUT2D eigenvalue weighted by Gasteiger charge is -2.10. The molecule has 0 aliphatic carbocycles. The van der Waals surface area contributed by atoms with Crippen molar-refractivity contribution in [1.82, 2.24) is 4.90 Å². The van der Waals surface area contributed by atoms with Crippen molar-refractivity contribution in [2.24, 2.45) is 0 Å². The number of ether oxygens (including phenoxy) is 1. The highest BCUT2D eigenvalue weighted by Crippen LogP contribution is 2.16. The summed E-state index contributed by atoms with van der Waals surface area (Å²) in [6, 6.07) is 8.35. The largest absolute Gasteiger partial charge is 0.448 e. The Balaban J connectivity index is 2.06. The van der Waals surface area contributed by atoms with E-state index in [2.05, 4.69) is 0 Å². The molecule has 0 N–H and O–H groups in total. The molecule has 0 radical (unpaired) electrons. The minimum Gasteiger partial charge on any atom is -0.448 e. The Morgan fingerprint density at radius 1 is 1.29 bits per heavy atom. The monoisotopic (exact) mass is 233 g/mol. The van der Waals surface area contributed by atoms with E-state index in [-0.39, 0.29) is 12.3 Å². The van der Waals surface area contributed by atoms with Crippen LogP contribution in [0.2, 0.25) is 0 Å². The lowest BCUT2D eigenvalue weighted by Crippen LogP contribution is -2.30. The smallest absolute Gasteiger partial charge is 0.338 e. The number of nitrogens with zero attached hydrogens (tertiary/aromatic N) is 1. The molecule has 0 unspecified atom stereocenters. The molecular formula is C12H11NO4. The molecule has 5 heteroatoms. The van der Waals surface area contributed by atoms with Crippen molar-refractivity contribution in [3.8, 4) is 0 Å². The van der Waals surface area contributed by atoms with E-state index in [0.717, 1.165) is 4.90 Å². The zero-order valence-corrected chi connectivity index (χ0v) is 9.25. The maximum absolute atomic E-state index is 11.7. The fourth-order valence-electron chi connectivity index (χ4n) is 1.59. The Hall–Kier alpha value is -2.17. The number of likely N-dealkylation sites (tertiary alicyclic amines) is 1. The van der Waals surface area contributed by atoms with Gasteiger partial charge in [-0.2, -0.15) is 0 Å². The third-order valence-corrected chi connectivity index (χ3v) is 2.60. The van der Waals surface area contributed by atoms with E-state index in [0.29, 0.717) is 5.56 Å². The lowest BCUT2D eigenvalue weighted by atomic mass is 10.2. The molecule has 1 fully saturated rings. The number of hydrogen-bond donors (Lipinski definition) is 0. The highest BCUT2D eigenvalue weighted by Gasteiger charge is 2.38. The fourth-order valence-corrected chi connectivity index (χ4v) is 1.59. The summed E-state index contributed by atoms with van der Waals surface area (Å²) in [5.41, 5.74) is 0.363. The number of amides is 2. The van der Waals surface area contributed by atoms with Crippen molar-refractivity contribution in [1.29, 1.82) is 0 Å². The van der Waals surface area contributed by atoms with Gasteiger partial charge < -0.3 is 4.74 Å². The Morgan fingerprint density at radius 2 is 1.94 bits per heavy atom. The molecule has 0 aromatic heterocycles. The van der Waals surface area contributed by atoms with Gasteiger partial charge in [-0.15, -0.1) is 0 Å². The molecule has 1 aromatic carbocycles. The van der Waals surface area contributed by atoms with Crippen LogP contribution in [0.15, 0.2) is 30.3 Å². The van der Waals surface area contributed by atoms with Gasteiger partial charge >= 0.3 is 5.97 Å². The summed E-state index contributed by atoms with van der Waals surface area (Å²) >= 11 is 0. The minimum absolute atomic E-state index is 0.0755. The number of carbonyl (C=O) groups is 3. The Kier molecular flexibility index (Phi) is 2.91. The van der Waals surface area contributed by atoms with Crippen molar-refractivity contribution in [3.05, 3.63) is 35.9 Å². The number of imide groups is 1. The second-order valence-corrected chi connectivity index (χ2v) is 3.76. The molecule has 1 aliphatic heterocycles. The summed E-state index contributed by atoms with van der Waals surface area (Å²) in [5.74, 6) is -1.40. The summed E-state index contributed by atoms with van der Waals surface area (Å²) in [6.07, 6.45) is -1.06. The first kappa shape index (κ1) is 11.3. The predicted molar refractivity (Wildman–Crippen MR) is 58.0 cm³/mol. The predicted octanol–water partition coefficient (Wildman–Crippen LogP) is 0.601. The van der Waals surface area contributed by atoms with Gasteiger partial charge in [-0.1, -0.05) is 18.2 Å². The Bertz CT molecular complexity index is 469. The summed E-state index contributed by atoms with van der Waals surface area (Å²) in [6.45, 7) is 0. The molecule has 2 rings (SSSR count). The van der Waals surface area contributed by atoms with Gasteiger partial charge in [-0.3, -0.25) is 14.5 Å². The Morgan fingerprint density at radius 3 is 2.47 bits per heavy atom. The van der Waals surface area contributed by atoms with E-state index >= 15 is 0 Å². The number of rotatable bonds is 2. The average molecular weight is 233 g/mol. The zero-order chi connectivity index (χ0) is 12.4. The van der Waals surface area contributed by atoms with E-state index < -0.39 is 18.0 Å². The summed E-state index contributed by atoms with van der Waals surface area (Å²) in [5, 5.41) is 0. The molecule has 1 aliphatic rings. The molecule has 1 aromatic rings. The highest BCUT2D eigenvalue weighted by atomic mass is 16.5. The molecule has 5 nitrogen and oxygen atoms in total. The molecule has 1 atom stereocenters. The number of hydrogen-bond acceptors (Lipinski definition) is 4. The summed E-state index contributed by atoms with van der Waals surface area (Å²) < 4.78 is 5.00. The maximum atomic E-state index is 11.7. The summed E-state index contributed by atoms with van der Waals surface area (Å²) in [7, 11) is 1.38. The van der Waals surface area contributed by atoms with Crippen LogP contribution >= 0.6 is 0 Å². The van der Waals surface area contributed by atoms with Crippen LogP contribution in [0.5, 0.6) is 0 Å². The molecule has 88 valence electrons. The maximum Gasteiger partial charge on any atom is 0.338 e. The van der Waals surface area contributed by atoms with Gasteiger partial charge in [0.1, 0.15) is 0 Å². The molecule has 17 heavy (non-hydrogen) atoms. The number of likely N-dealkylation sites (N-methyl/N-ethyl adjacent to an activating group) is 1. The van der Waals surface area contributed by atoms with E-state index in [1.54, 1.807) is 30.3 Å². The zero-order valence-electron chi connectivity index (χ0n) is 9.25. The van der Waals surface area contributed by atoms with Crippen LogP contribution in [0.3, 0.4) is 0 Å². The molecule has 1 saturated heterocycles. The van der Waals surface area contributed by atoms with Gasteiger partial charge in [0.2, 0.25) is 5.91 Å². The molecule has 2 amide bonds. The Labute approximate surface area is 98.0 Å². The standard InChI is InChI=1S/C12H11NO4/c1-13-10(14)7-9(11(13)15)17-12(16)8-5-3-2-4-6-8/h2-6,9H,7H2,1H3/t9-/m1/s1. The van der Waals surface area contributed by atoms with E-state index in [1.807, 2.05) is 0 Å². The average Bonchev–Trinajstić information content (AvgIpc) is 2.58. The van der Waals surface area contributed by atoms with Crippen molar-refractivity contribution in [3.63, 3.8) is 0 Å². The number of esters is 1. The molecule has 0 saturated carbocycles. The van der Waals surface area contributed by atoms with Gasteiger partial charge in [0.15, 0.2) is 6.10 Å². The molecular weight excluding hydrogens is 222 g/mol. The third-order valence-electron chi connectivity index (χ3n) is 2.60. The van der Waals surface area contributed by atoms with Crippen molar-refractivity contribution in [2.45, 2.75) is 12.5 Å². The lowest BCUT2D eigenvalue weighted by molar-refractivity contribution is -0.139. The minimum atomic E-state index is -0.986. The van der Waals surface area contributed by atoms with Gasteiger partial charge in [0, 0.05) is 7.05 Å². The van der Waals surface area contributed by atoms with Gasteiger partial charge in [0.25, 0.3) is 5.91 Å². The van der Waals surface area contributed by atoms with Crippen molar-refractivity contribution >= 4 is 17.8 Å². The van der Waals surface area contributed by atoms with Crippen LogP contribution in [0.4, 0.5) is 0 Å². The van der Waals surface area contributed by atoms with Gasteiger partial charge in [-0.05, 0) is 12.1 Å². The SMILES string of the molecule is CN1C(=O)C[C@@H](OC(=O)c2ccccc2)C1=O. The van der Waals surface area contributed by atoms with E-state index in [4.69, 9.17) is 4.74 Å². The second-order valence-electron chi connectivity index (χ2n) is 3.76. The van der Waals surface area contributed by atoms with Crippen molar-refractivity contribution in [2.75, 3.05) is 7.05 Å².